The minimum Gasteiger partial charge on any atom is -0.497 e. The maximum absolute atomic E-state index is 10.2. The Morgan fingerprint density at radius 1 is 1.10 bits per heavy atom. The van der Waals surface area contributed by atoms with Crippen LogP contribution < -0.4 is 4.74 Å². The van der Waals surface area contributed by atoms with Gasteiger partial charge in [-0.3, -0.25) is 4.90 Å². The number of aryl methyl sites for hydroxylation is 2. The lowest BCUT2D eigenvalue weighted by Crippen LogP contribution is -2.40. The van der Waals surface area contributed by atoms with Crippen LogP contribution in [0.5, 0.6) is 5.75 Å². The number of nitriles is 1. The van der Waals surface area contributed by atoms with Crippen LogP contribution in [0, 0.1) is 25.2 Å². The van der Waals surface area contributed by atoms with E-state index >= 15 is 0 Å². The van der Waals surface area contributed by atoms with Crippen molar-refractivity contribution in [1.29, 1.82) is 5.26 Å². The SMILES string of the molecule is COc1ccc(C2=C(C#N)CC(C)(CCN3CCOCC3)c3cc(C)c(C)cc32)cc1. The van der Waals surface area contributed by atoms with Crippen LogP contribution in [0.1, 0.15) is 47.6 Å². The molecule has 1 atom stereocenters. The second kappa shape index (κ2) is 8.86. The van der Waals surface area contributed by atoms with Gasteiger partial charge in [0, 0.05) is 24.2 Å². The molecule has 4 rings (SSSR count). The Morgan fingerprint density at radius 3 is 2.42 bits per heavy atom. The molecule has 0 amide bonds. The molecule has 0 N–H and O–H groups in total. The van der Waals surface area contributed by atoms with Gasteiger partial charge >= 0.3 is 0 Å². The number of fused-ring (bicyclic) bond motifs is 1. The number of morpholine rings is 1. The summed E-state index contributed by atoms with van der Waals surface area (Å²) in [5, 5.41) is 10.2. The molecule has 4 nitrogen and oxygen atoms in total. The summed E-state index contributed by atoms with van der Waals surface area (Å²) < 4.78 is 10.9. The van der Waals surface area contributed by atoms with Crippen molar-refractivity contribution in [1.82, 2.24) is 4.90 Å². The largest absolute Gasteiger partial charge is 0.497 e. The Bertz CT molecular complexity index is 1030. The summed E-state index contributed by atoms with van der Waals surface area (Å²) in [7, 11) is 1.68. The summed E-state index contributed by atoms with van der Waals surface area (Å²) >= 11 is 0. The second-order valence-corrected chi connectivity index (χ2v) is 9.12. The number of methoxy groups -OCH3 is 1. The summed E-state index contributed by atoms with van der Waals surface area (Å²) in [6, 6.07) is 15.3. The van der Waals surface area contributed by atoms with Crippen LogP contribution in [0.4, 0.5) is 0 Å². The highest BCUT2D eigenvalue weighted by Crippen LogP contribution is 2.47. The van der Waals surface area contributed by atoms with E-state index in [2.05, 4.69) is 56.0 Å². The zero-order valence-electron chi connectivity index (χ0n) is 19.1. The monoisotopic (exact) mass is 416 g/mol. The molecular formula is C27H32N2O2. The fraction of sp³-hybridized carbons (Fsp3) is 0.444. The third-order valence-corrected chi connectivity index (χ3v) is 7.02. The molecule has 2 aromatic rings. The molecule has 2 aliphatic rings. The zero-order valence-corrected chi connectivity index (χ0v) is 19.1. The molecule has 0 saturated carbocycles. The van der Waals surface area contributed by atoms with Crippen LogP contribution in [0.3, 0.4) is 0 Å². The van der Waals surface area contributed by atoms with E-state index in [4.69, 9.17) is 9.47 Å². The van der Waals surface area contributed by atoms with Crippen molar-refractivity contribution >= 4 is 5.57 Å². The van der Waals surface area contributed by atoms with E-state index in [1.165, 1.54) is 22.3 Å². The fourth-order valence-corrected chi connectivity index (χ4v) is 4.89. The molecule has 1 saturated heterocycles. The third-order valence-electron chi connectivity index (χ3n) is 7.02. The minimum atomic E-state index is -0.0624. The van der Waals surface area contributed by atoms with Crippen LogP contribution >= 0.6 is 0 Å². The Labute approximate surface area is 186 Å². The first kappa shape index (κ1) is 21.6. The lowest BCUT2D eigenvalue weighted by molar-refractivity contribution is 0.0346. The van der Waals surface area contributed by atoms with Gasteiger partial charge in [-0.05, 0) is 78.6 Å². The summed E-state index contributed by atoms with van der Waals surface area (Å²) in [6.45, 7) is 11.3. The molecule has 0 spiro atoms. The third kappa shape index (κ3) is 4.26. The molecule has 4 heteroatoms. The predicted octanol–water partition coefficient (Wildman–Crippen LogP) is 5.02. The van der Waals surface area contributed by atoms with Gasteiger partial charge in [0.05, 0.1) is 26.4 Å². The van der Waals surface area contributed by atoms with Gasteiger partial charge in [-0.15, -0.1) is 0 Å². The smallest absolute Gasteiger partial charge is 0.118 e. The second-order valence-electron chi connectivity index (χ2n) is 9.12. The van der Waals surface area contributed by atoms with Crippen LogP contribution in [0.2, 0.25) is 0 Å². The first-order chi connectivity index (χ1) is 14.9. The molecule has 1 heterocycles. The molecule has 0 aromatic heterocycles. The highest BCUT2D eigenvalue weighted by atomic mass is 16.5. The molecule has 1 unspecified atom stereocenters. The number of ether oxygens (including phenoxy) is 2. The standard InChI is InChI=1S/C27H32N2O2/c1-19-15-24-25(16-20(19)2)27(3,9-10-29-11-13-31-14-12-29)17-22(18-28)26(24)21-5-7-23(30-4)8-6-21/h5-8,15-16H,9-14,17H2,1-4H3. The van der Waals surface area contributed by atoms with Crippen molar-refractivity contribution in [2.24, 2.45) is 0 Å². The van der Waals surface area contributed by atoms with Crippen molar-refractivity contribution in [2.45, 2.75) is 39.0 Å². The normalized spacial score (nSPS) is 21.5. The minimum absolute atomic E-state index is 0.0624. The van der Waals surface area contributed by atoms with E-state index in [0.717, 1.165) is 68.1 Å². The van der Waals surface area contributed by atoms with E-state index in [0.29, 0.717) is 0 Å². The van der Waals surface area contributed by atoms with Gasteiger partial charge in [0.2, 0.25) is 0 Å². The van der Waals surface area contributed by atoms with E-state index in [9.17, 15) is 5.26 Å². The highest BCUT2D eigenvalue weighted by Gasteiger charge is 2.37. The van der Waals surface area contributed by atoms with Gasteiger partial charge in [-0.1, -0.05) is 31.2 Å². The first-order valence-electron chi connectivity index (χ1n) is 11.1. The van der Waals surface area contributed by atoms with Gasteiger partial charge in [-0.2, -0.15) is 5.26 Å². The topological polar surface area (TPSA) is 45.5 Å². The van der Waals surface area contributed by atoms with Gasteiger partial charge < -0.3 is 9.47 Å². The van der Waals surface area contributed by atoms with Gasteiger partial charge in [0.25, 0.3) is 0 Å². The highest BCUT2D eigenvalue weighted by molar-refractivity contribution is 5.88. The lowest BCUT2D eigenvalue weighted by Gasteiger charge is -2.39. The quantitative estimate of drug-likeness (QED) is 0.686. The maximum Gasteiger partial charge on any atom is 0.118 e. The van der Waals surface area contributed by atoms with Crippen LogP contribution in [0.15, 0.2) is 42.0 Å². The molecule has 0 radical (unpaired) electrons. The zero-order chi connectivity index (χ0) is 22.0. The number of nitrogens with zero attached hydrogens (tertiary/aromatic N) is 2. The maximum atomic E-state index is 10.2. The number of rotatable bonds is 5. The summed E-state index contributed by atoms with van der Waals surface area (Å²) in [4.78, 5) is 2.49. The van der Waals surface area contributed by atoms with E-state index < -0.39 is 0 Å². The molecule has 1 fully saturated rings. The molecule has 1 aliphatic carbocycles. The van der Waals surface area contributed by atoms with Gasteiger partial charge in [-0.25, -0.2) is 0 Å². The Hall–Kier alpha value is -2.61. The van der Waals surface area contributed by atoms with Crippen molar-refractivity contribution in [3.63, 3.8) is 0 Å². The average molecular weight is 417 g/mol. The Morgan fingerprint density at radius 2 is 1.77 bits per heavy atom. The summed E-state index contributed by atoms with van der Waals surface area (Å²) in [5.74, 6) is 0.828. The van der Waals surface area contributed by atoms with Gasteiger partial charge in [0.15, 0.2) is 0 Å². The van der Waals surface area contributed by atoms with E-state index in [1.54, 1.807) is 7.11 Å². The Kier molecular flexibility index (Phi) is 6.18. The summed E-state index contributed by atoms with van der Waals surface area (Å²) in [6.07, 6.45) is 1.80. The summed E-state index contributed by atoms with van der Waals surface area (Å²) in [5.41, 5.74) is 8.13. The number of hydrogen-bond donors (Lipinski definition) is 0. The van der Waals surface area contributed by atoms with Crippen LogP contribution in [0.25, 0.3) is 5.57 Å². The first-order valence-corrected chi connectivity index (χ1v) is 11.1. The van der Waals surface area contributed by atoms with E-state index in [-0.39, 0.29) is 5.41 Å². The number of allylic oxidation sites excluding steroid dienone is 1. The molecule has 162 valence electrons. The molecule has 1 aliphatic heterocycles. The predicted molar refractivity (Wildman–Crippen MR) is 124 cm³/mol. The van der Waals surface area contributed by atoms with Crippen molar-refractivity contribution in [2.75, 3.05) is 40.0 Å². The molecular weight excluding hydrogens is 384 g/mol. The number of benzene rings is 2. The van der Waals surface area contributed by atoms with Crippen LogP contribution in [-0.4, -0.2) is 44.9 Å². The van der Waals surface area contributed by atoms with Crippen molar-refractivity contribution < 1.29 is 9.47 Å². The lowest BCUT2D eigenvalue weighted by atomic mass is 9.65. The van der Waals surface area contributed by atoms with E-state index in [1.807, 2.05) is 12.1 Å². The van der Waals surface area contributed by atoms with Crippen LogP contribution in [-0.2, 0) is 10.2 Å². The number of hydrogen-bond acceptors (Lipinski definition) is 4. The van der Waals surface area contributed by atoms with Crippen molar-refractivity contribution in [3.05, 3.63) is 69.8 Å². The molecule has 31 heavy (non-hydrogen) atoms. The van der Waals surface area contributed by atoms with Crippen molar-refractivity contribution in [3.8, 4) is 11.8 Å². The average Bonchev–Trinajstić information content (AvgIpc) is 2.80. The van der Waals surface area contributed by atoms with Gasteiger partial charge in [0.1, 0.15) is 5.75 Å². The molecule has 2 aromatic carbocycles. The Balaban J connectivity index is 1.77. The molecule has 0 bridgehead atoms. The fourth-order valence-electron chi connectivity index (χ4n) is 4.89.